The van der Waals surface area contributed by atoms with Crippen LogP contribution in [0.2, 0.25) is 0 Å². The van der Waals surface area contributed by atoms with Crippen LogP contribution in [0.4, 0.5) is 0 Å². The van der Waals surface area contributed by atoms with E-state index in [0.717, 1.165) is 11.8 Å². The molecule has 1 heteroatoms. The summed E-state index contributed by atoms with van der Waals surface area (Å²) >= 11 is 6.12. The molecule has 0 aromatic carbocycles. The Bertz CT molecular complexity index is 134. The summed E-state index contributed by atoms with van der Waals surface area (Å²) < 4.78 is 0. The molecule has 0 aromatic rings. The predicted octanol–water partition coefficient (Wildman–Crippen LogP) is 4.61. The van der Waals surface area contributed by atoms with Crippen molar-refractivity contribution in [3.63, 3.8) is 0 Å². The molecule has 0 N–H and O–H groups in total. The van der Waals surface area contributed by atoms with Crippen LogP contribution in [0.5, 0.6) is 0 Å². The molecule has 0 atom stereocenters. The lowest BCUT2D eigenvalue weighted by atomic mass is 9.72. The summed E-state index contributed by atoms with van der Waals surface area (Å²) in [6, 6.07) is 0. The van der Waals surface area contributed by atoms with Crippen molar-refractivity contribution < 1.29 is 0 Å². The Hall–Kier alpha value is 0.290. The number of halogens is 1. The second kappa shape index (κ2) is 5.24. The summed E-state index contributed by atoms with van der Waals surface area (Å²) in [4.78, 5) is 0. The van der Waals surface area contributed by atoms with Crippen molar-refractivity contribution in [2.45, 2.75) is 58.8 Å². The molecule has 13 heavy (non-hydrogen) atoms. The first kappa shape index (κ1) is 11.4. The Morgan fingerprint density at radius 3 is 2.23 bits per heavy atom. The van der Waals surface area contributed by atoms with Gasteiger partial charge < -0.3 is 0 Å². The van der Waals surface area contributed by atoms with Gasteiger partial charge in [-0.05, 0) is 30.6 Å². The zero-order chi connectivity index (χ0) is 9.73. The number of rotatable bonds is 4. The maximum absolute atomic E-state index is 6.12. The molecular weight excluding hydrogens is 180 g/mol. The van der Waals surface area contributed by atoms with E-state index in [0.29, 0.717) is 5.41 Å². The Labute approximate surface area is 88.1 Å². The standard InChI is InChI=1S/C12H23Cl/c1-11(2)6-9-12(10-13)7-4-3-5-8-12/h11H,3-10H2,1-2H3. The minimum atomic E-state index is 0.518. The average Bonchev–Trinajstić information content (AvgIpc) is 2.16. The fourth-order valence-electron chi connectivity index (χ4n) is 2.35. The lowest BCUT2D eigenvalue weighted by Crippen LogP contribution is -2.26. The summed E-state index contributed by atoms with van der Waals surface area (Å²) in [5.74, 6) is 1.72. The monoisotopic (exact) mass is 202 g/mol. The Morgan fingerprint density at radius 2 is 1.77 bits per heavy atom. The van der Waals surface area contributed by atoms with E-state index >= 15 is 0 Å². The minimum Gasteiger partial charge on any atom is -0.126 e. The van der Waals surface area contributed by atoms with Crippen molar-refractivity contribution in [2.75, 3.05) is 5.88 Å². The van der Waals surface area contributed by atoms with Gasteiger partial charge in [-0.2, -0.15) is 0 Å². The first-order chi connectivity index (χ1) is 6.18. The highest BCUT2D eigenvalue weighted by Gasteiger charge is 2.30. The maximum atomic E-state index is 6.12. The summed E-state index contributed by atoms with van der Waals surface area (Å²) in [5.41, 5.74) is 0.518. The summed E-state index contributed by atoms with van der Waals surface area (Å²) in [7, 11) is 0. The van der Waals surface area contributed by atoms with Gasteiger partial charge in [0.15, 0.2) is 0 Å². The van der Waals surface area contributed by atoms with Gasteiger partial charge in [-0.1, -0.05) is 39.5 Å². The highest BCUT2D eigenvalue weighted by molar-refractivity contribution is 6.18. The first-order valence-electron chi connectivity index (χ1n) is 5.74. The zero-order valence-electron chi connectivity index (χ0n) is 9.11. The molecule has 1 saturated carbocycles. The van der Waals surface area contributed by atoms with Gasteiger partial charge in [-0.3, -0.25) is 0 Å². The molecule has 0 heterocycles. The molecule has 1 rings (SSSR count). The molecular formula is C12H23Cl. The fraction of sp³-hybridized carbons (Fsp3) is 1.00. The molecule has 0 saturated heterocycles. The highest BCUT2D eigenvalue weighted by Crippen LogP contribution is 2.41. The predicted molar refractivity (Wildman–Crippen MR) is 60.3 cm³/mol. The van der Waals surface area contributed by atoms with Crippen LogP contribution >= 0.6 is 11.6 Å². The summed E-state index contributed by atoms with van der Waals surface area (Å²) in [6.45, 7) is 4.62. The average molecular weight is 203 g/mol. The third-order valence-electron chi connectivity index (χ3n) is 3.45. The largest absolute Gasteiger partial charge is 0.126 e. The van der Waals surface area contributed by atoms with E-state index in [1.165, 1.54) is 44.9 Å². The Kier molecular flexibility index (Phi) is 4.58. The third-order valence-corrected chi connectivity index (χ3v) is 4.02. The van der Waals surface area contributed by atoms with Crippen LogP contribution in [0, 0.1) is 11.3 Å². The molecule has 0 aromatic heterocycles. The van der Waals surface area contributed by atoms with Gasteiger partial charge in [-0.25, -0.2) is 0 Å². The van der Waals surface area contributed by atoms with Gasteiger partial charge in [0, 0.05) is 5.88 Å². The molecule has 0 amide bonds. The minimum absolute atomic E-state index is 0.518. The van der Waals surface area contributed by atoms with Crippen molar-refractivity contribution in [3.05, 3.63) is 0 Å². The maximum Gasteiger partial charge on any atom is 0.0280 e. The topological polar surface area (TPSA) is 0 Å². The second-order valence-corrected chi connectivity index (χ2v) is 5.39. The Morgan fingerprint density at radius 1 is 1.15 bits per heavy atom. The van der Waals surface area contributed by atoms with Crippen LogP contribution in [0.25, 0.3) is 0 Å². The van der Waals surface area contributed by atoms with Gasteiger partial charge in [0.25, 0.3) is 0 Å². The first-order valence-corrected chi connectivity index (χ1v) is 6.28. The quantitative estimate of drug-likeness (QED) is 0.584. The van der Waals surface area contributed by atoms with Crippen LogP contribution in [0.1, 0.15) is 58.8 Å². The molecule has 0 radical (unpaired) electrons. The summed E-state index contributed by atoms with van der Waals surface area (Å²) in [5, 5.41) is 0. The molecule has 1 aliphatic rings. The van der Waals surface area contributed by atoms with Crippen LogP contribution in [0.3, 0.4) is 0 Å². The van der Waals surface area contributed by atoms with E-state index in [-0.39, 0.29) is 0 Å². The highest BCUT2D eigenvalue weighted by atomic mass is 35.5. The van der Waals surface area contributed by atoms with Crippen LogP contribution in [0.15, 0.2) is 0 Å². The molecule has 0 nitrogen and oxygen atoms in total. The molecule has 78 valence electrons. The van der Waals surface area contributed by atoms with Gasteiger partial charge >= 0.3 is 0 Å². The molecule has 1 fully saturated rings. The molecule has 0 aliphatic heterocycles. The van der Waals surface area contributed by atoms with Crippen LogP contribution < -0.4 is 0 Å². The zero-order valence-corrected chi connectivity index (χ0v) is 9.87. The van der Waals surface area contributed by atoms with Crippen molar-refractivity contribution in [3.8, 4) is 0 Å². The number of hydrogen-bond donors (Lipinski definition) is 0. The van der Waals surface area contributed by atoms with Crippen molar-refractivity contribution >= 4 is 11.6 Å². The van der Waals surface area contributed by atoms with Crippen LogP contribution in [-0.4, -0.2) is 5.88 Å². The SMILES string of the molecule is CC(C)CCC1(CCl)CCCCC1. The van der Waals surface area contributed by atoms with Gasteiger partial charge in [0.05, 0.1) is 0 Å². The van der Waals surface area contributed by atoms with Crippen molar-refractivity contribution in [1.82, 2.24) is 0 Å². The third kappa shape index (κ3) is 3.50. The van der Waals surface area contributed by atoms with Gasteiger partial charge in [0.1, 0.15) is 0 Å². The van der Waals surface area contributed by atoms with E-state index in [1.807, 2.05) is 0 Å². The van der Waals surface area contributed by atoms with Gasteiger partial charge in [-0.15, -0.1) is 11.6 Å². The van der Waals surface area contributed by atoms with Crippen LogP contribution in [-0.2, 0) is 0 Å². The summed E-state index contributed by atoms with van der Waals surface area (Å²) in [6.07, 6.45) is 9.71. The van der Waals surface area contributed by atoms with Crippen molar-refractivity contribution in [2.24, 2.45) is 11.3 Å². The Balaban J connectivity index is 2.38. The molecule has 0 unspecified atom stereocenters. The van der Waals surface area contributed by atoms with E-state index in [1.54, 1.807) is 0 Å². The normalized spacial score (nSPS) is 22.2. The lowest BCUT2D eigenvalue weighted by Gasteiger charge is -2.36. The number of alkyl halides is 1. The van der Waals surface area contributed by atoms with E-state index < -0.39 is 0 Å². The van der Waals surface area contributed by atoms with E-state index in [4.69, 9.17) is 11.6 Å². The van der Waals surface area contributed by atoms with Gasteiger partial charge in [0.2, 0.25) is 0 Å². The second-order valence-electron chi connectivity index (χ2n) is 5.13. The van der Waals surface area contributed by atoms with E-state index in [9.17, 15) is 0 Å². The van der Waals surface area contributed by atoms with Crippen molar-refractivity contribution in [1.29, 1.82) is 0 Å². The lowest BCUT2D eigenvalue weighted by molar-refractivity contribution is 0.190. The smallest absolute Gasteiger partial charge is 0.0280 e. The molecule has 0 bridgehead atoms. The number of hydrogen-bond acceptors (Lipinski definition) is 0. The molecule has 0 spiro atoms. The molecule has 1 aliphatic carbocycles. The van der Waals surface area contributed by atoms with E-state index in [2.05, 4.69) is 13.8 Å². The fourth-order valence-corrected chi connectivity index (χ4v) is 2.75.